The van der Waals surface area contributed by atoms with Crippen molar-refractivity contribution in [3.63, 3.8) is 0 Å². The van der Waals surface area contributed by atoms with Gasteiger partial charge in [0.2, 0.25) is 5.90 Å². The van der Waals surface area contributed by atoms with Crippen molar-refractivity contribution in [1.29, 1.82) is 5.41 Å². The molecular formula is C20H17F4N5O3. The van der Waals surface area contributed by atoms with Gasteiger partial charge < -0.3 is 20.5 Å². The third-order valence-corrected chi connectivity index (χ3v) is 5.38. The Bertz CT molecular complexity index is 1120. The molecule has 0 unspecified atom stereocenters. The Morgan fingerprint density at radius 1 is 1.38 bits per heavy atom. The molecular weight excluding hydrogens is 434 g/mol. The van der Waals surface area contributed by atoms with Gasteiger partial charge in [0.25, 0.3) is 18.4 Å². The highest BCUT2D eigenvalue weighted by Gasteiger charge is 2.64. The molecule has 8 nitrogen and oxygen atoms in total. The number of carbonyl (C=O) groups is 1. The predicted octanol–water partition coefficient (Wildman–Crippen LogP) is 2.78. The summed E-state index contributed by atoms with van der Waals surface area (Å²) in [6, 6.07) is 3.74. The lowest BCUT2D eigenvalue weighted by molar-refractivity contribution is 0.0173. The maximum atomic E-state index is 14.7. The second-order valence-electron chi connectivity index (χ2n) is 7.31. The number of pyridine rings is 1. The molecule has 0 radical (unpaired) electrons. The summed E-state index contributed by atoms with van der Waals surface area (Å²) in [5.41, 5.74) is 2.29. The highest BCUT2D eigenvalue weighted by molar-refractivity contribution is 6.03. The molecule has 1 aromatic carbocycles. The number of nitrogens with zero attached hydrogens (tertiary/aromatic N) is 2. The summed E-state index contributed by atoms with van der Waals surface area (Å²) in [6.07, 6.45) is -2.50. The molecule has 2 heterocycles. The van der Waals surface area contributed by atoms with Gasteiger partial charge in [-0.2, -0.15) is 0 Å². The molecule has 0 saturated heterocycles. The average molecular weight is 451 g/mol. The molecule has 0 bridgehead atoms. The number of alkyl halides is 2. The Hall–Kier alpha value is -3.70. The Labute approximate surface area is 179 Å². The molecule has 32 heavy (non-hydrogen) atoms. The summed E-state index contributed by atoms with van der Waals surface area (Å²) in [5.74, 6) is -4.80. The van der Waals surface area contributed by atoms with E-state index in [2.05, 4.69) is 15.3 Å². The minimum atomic E-state index is -3.20. The molecule has 1 amide bonds. The lowest BCUT2D eigenvalue weighted by Gasteiger charge is -2.33. The topological polar surface area (TPSA) is 123 Å². The standard InChI is InChI=1S/C20H17F4N5O3/c1-31-16(25)8-2-3-13(27-7-8)17(30)28-9-4-11(15(22)12(21)5-9)20(18(23)24)10-6-14(10)32-19(26)29-20/h2-5,7,10,14,18,25H,6H2,1H3,(H2,26,29)(H,28,30)/t10-,14+,20-/m1/s1. The minimum absolute atomic E-state index is 0.108. The summed E-state index contributed by atoms with van der Waals surface area (Å²) < 4.78 is 67.3. The van der Waals surface area contributed by atoms with Crippen molar-refractivity contribution in [2.45, 2.75) is 24.5 Å². The van der Waals surface area contributed by atoms with E-state index in [1.165, 1.54) is 25.4 Å². The molecule has 2 aromatic rings. The molecule has 0 spiro atoms. The van der Waals surface area contributed by atoms with Gasteiger partial charge >= 0.3 is 0 Å². The number of halogens is 4. The number of hydrogen-bond acceptors (Lipinski definition) is 7. The number of anilines is 1. The quantitative estimate of drug-likeness (QED) is 0.367. The molecule has 1 aliphatic heterocycles. The Balaban J connectivity index is 1.68. The van der Waals surface area contributed by atoms with Crippen LogP contribution in [0.15, 0.2) is 35.5 Å². The Morgan fingerprint density at radius 3 is 2.75 bits per heavy atom. The second kappa shape index (κ2) is 7.77. The third-order valence-electron chi connectivity index (χ3n) is 5.38. The number of fused-ring (bicyclic) bond motifs is 1. The fourth-order valence-electron chi connectivity index (χ4n) is 3.73. The molecule has 2 aliphatic rings. The van der Waals surface area contributed by atoms with Crippen molar-refractivity contribution in [1.82, 2.24) is 4.98 Å². The maximum absolute atomic E-state index is 14.7. The number of nitrogens with one attached hydrogen (secondary N) is 2. The number of aromatic nitrogens is 1. The molecule has 12 heteroatoms. The van der Waals surface area contributed by atoms with Gasteiger partial charge in [0.05, 0.1) is 12.7 Å². The number of rotatable bonds is 5. The number of benzene rings is 1. The van der Waals surface area contributed by atoms with E-state index in [-0.39, 0.29) is 23.7 Å². The SMILES string of the molecule is COC(=N)c1ccc(C(=O)Nc2cc(F)c(F)c([C@]3(C(F)F)N=C(N)O[C@H]4C[C@H]43)c2)nc1. The zero-order chi connectivity index (χ0) is 23.2. The van der Waals surface area contributed by atoms with Gasteiger partial charge in [-0.25, -0.2) is 22.6 Å². The number of ether oxygens (including phenoxy) is 2. The summed E-state index contributed by atoms with van der Waals surface area (Å²) in [7, 11) is 1.30. The van der Waals surface area contributed by atoms with Gasteiger partial charge in [0, 0.05) is 29.4 Å². The van der Waals surface area contributed by atoms with Crippen molar-refractivity contribution < 1.29 is 31.8 Å². The molecule has 1 fully saturated rings. The Kier molecular flexibility index (Phi) is 5.23. The van der Waals surface area contributed by atoms with Gasteiger partial charge in [-0.1, -0.05) is 0 Å². The van der Waals surface area contributed by atoms with Crippen LogP contribution in [0.1, 0.15) is 28.0 Å². The molecule has 1 saturated carbocycles. The number of amides is 1. The van der Waals surface area contributed by atoms with Crippen LogP contribution < -0.4 is 11.1 Å². The van der Waals surface area contributed by atoms with Gasteiger partial charge in [-0.05, 0) is 24.6 Å². The summed E-state index contributed by atoms with van der Waals surface area (Å²) in [5, 5.41) is 9.87. The number of aliphatic imine (C=N–C) groups is 1. The van der Waals surface area contributed by atoms with Crippen LogP contribution in [0, 0.1) is 23.0 Å². The highest BCUT2D eigenvalue weighted by atomic mass is 19.3. The van der Waals surface area contributed by atoms with E-state index in [4.69, 9.17) is 20.6 Å². The molecule has 1 aromatic heterocycles. The normalized spacial score (nSPS) is 23.6. The van der Waals surface area contributed by atoms with Gasteiger partial charge in [0.1, 0.15) is 11.8 Å². The summed E-state index contributed by atoms with van der Waals surface area (Å²) in [4.78, 5) is 20.1. The first-order chi connectivity index (χ1) is 15.2. The molecule has 4 rings (SSSR count). The first-order valence-electron chi connectivity index (χ1n) is 9.37. The number of hydrogen-bond donors (Lipinski definition) is 3. The Morgan fingerprint density at radius 2 is 2.12 bits per heavy atom. The lowest BCUT2D eigenvalue weighted by Crippen LogP contribution is -2.43. The van der Waals surface area contributed by atoms with E-state index in [1.54, 1.807) is 0 Å². The van der Waals surface area contributed by atoms with Crippen LogP contribution in [-0.2, 0) is 15.0 Å². The van der Waals surface area contributed by atoms with Gasteiger partial charge in [0.15, 0.2) is 17.2 Å². The van der Waals surface area contributed by atoms with Crippen LogP contribution in [0.25, 0.3) is 0 Å². The molecule has 3 atom stereocenters. The number of nitrogens with two attached hydrogens (primary N) is 1. The fraction of sp³-hybridized carbons (Fsp3) is 0.300. The predicted molar refractivity (Wildman–Crippen MR) is 105 cm³/mol. The van der Waals surface area contributed by atoms with Gasteiger partial charge in [-0.15, -0.1) is 0 Å². The van der Waals surface area contributed by atoms with E-state index in [1.807, 2.05) is 0 Å². The van der Waals surface area contributed by atoms with E-state index >= 15 is 0 Å². The smallest absolute Gasteiger partial charge is 0.283 e. The van der Waals surface area contributed by atoms with Crippen LogP contribution in [-0.4, -0.2) is 42.4 Å². The molecule has 168 valence electrons. The van der Waals surface area contributed by atoms with Crippen molar-refractivity contribution in [3.05, 3.63) is 58.9 Å². The lowest BCUT2D eigenvalue weighted by atomic mass is 9.84. The first-order valence-corrected chi connectivity index (χ1v) is 9.37. The number of amidine groups is 1. The zero-order valence-corrected chi connectivity index (χ0v) is 16.5. The van der Waals surface area contributed by atoms with Crippen LogP contribution in [0.5, 0.6) is 0 Å². The van der Waals surface area contributed by atoms with Crippen LogP contribution in [0.3, 0.4) is 0 Å². The minimum Gasteiger partial charge on any atom is -0.481 e. The molecule has 1 aliphatic carbocycles. The summed E-state index contributed by atoms with van der Waals surface area (Å²) >= 11 is 0. The van der Waals surface area contributed by atoms with E-state index < -0.39 is 53.1 Å². The first kappa shape index (κ1) is 21.5. The van der Waals surface area contributed by atoms with E-state index in [9.17, 15) is 22.4 Å². The van der Waals surface area contributed by atoms with Crippen molar-refractivity contribution in [2.24, 2.45) is 16.6 Å². The highest BCUT2D eigenvalue weighted by Crippen LogP contribution is 2.56. The van der Waals surface area contributed by atoms with Crippen LogP contribution in [0.4, 0.5) is 23.2 Å². The van der Waals surface area contributed by atoms with E-state index in [0.717, 1.165) is 6.07 Å². The number of carbonyl (C=O) groups excluding carboxylic acids is 1. The van der Waals surface area contributed by atoms with Crippen molar-refractivity contribution in [2.75, 3.05) is 12.4 Å². The van der Waals surface area contributed by atoms with Crippen LogP contribution in [0.2, 0.25) is 0 Å². The maximum Gasteiger partial charge on any atom is 0.283 e. The monoisotopic (exact) mass is 451 g/mol. The fourth-order valence-corrected chi connectivity index (χ4v) is 3.73. The van der Waals surface area contributed by atoms with Crippen molar-refractivity contribution in [3.8, 4) is 0 Å². The van der Waals surface area contributed by atoms with Crippen molar-refractivity contribution >= 4 is 23.5 Å². The third kappa shape index (κ3) is 3.51. The largest absolute Gasteiger partial charge is 0.481 e. The molecule has 4 N–H and O–H groups in total. The average Bonchev–Trinajstić information content (AvgIpc) is 3.54. The summed E-state index contributed by atoms with van der Waals surface area (Å²) in [6.45, 7) is 0. The van der Waals surface area contributed by atoms with Gasteiger partial charge in [-0.3, -0.25) is 15.2 Å². The zero-order valence-electron chi connectivity index (χ0n) is 16.5. The second-order valence-corrected chi connectivity index (χ2v) is 7.31. The number of methoxy groups -OCH3 is 1. The van der Waals surface area contributed by atoms with Crippen LogP contribution >= 0.6 is 0 Å². The van der Waals surface area contributed by atoms with E-state index in [0.29, 0.717) is 11.6 Å².